The molecule has 1 aromatic carbocycles. The smallest absolute Gasteiger partial charge is 0.124 e. The molecule has 0 aliphatic rings. The monoisotopic (exact) mass is 200 g/mol. The molecule has 3 nitrogen and oxygen atoms in total. The van der Waals surface area contributed by atoms with E-state index in [2.05, 4.69) is 5.16 Å². The van der Waals surface area contributed by atoms with Crippen molar-refractivity contribution < 1.29 is 27.4 Å². The molecule has 1 radical (unpaired) electrons. The van der Waals surface area contributed by atoms with Gasteiger partial charge in [0, 0.05) is 22.6 Å². The van der Waals surface area contributed by atoms with E-state index in [0.717, 1.165) is 0 Å². The van der Waals surface area contributed by atoms with E-state index in [0.29, 0.717) is 5.56 Å². The Morgan fingerprint density at radius 2 is 1.91 bits per heavy atom. The Bertz CT molecular complexity index is 250. The second-order valence-electron chi connectivity index (χ2n) is 1.80. The molecule has 0 atom stereocenters. The third-order valence-corrected chi connectivity index (χ3v) is 1.13. The minimum absolute atomic E-state index is 0. The fraction of sp³-hybridized carbons (Fsp3) is 0. The Kier molecular flexibility index (Phi) is 4.34. The van der Waals surface area contributed by atoms with Crippen molar-refractivity contribution in [3.8, 4) is 5.75 Å². The summed E-state index contributed by atoms with van der Waals surface area (Å²) in [6, 6.07) is 6.62. The van der Waals surface area contributed by atoms with Crippen molar-refractivity contribution in [1.29, 1.82) is 0 Å². The zero-order chi connectivity index (χ0) is 7.40. The van der Waals surface area contributed by atoms with Crippen molar-refractivity contribution in [2.24, 2.45) is 5.16 Å². The molecule has 0 aliphatic heterocycles. The number of phenolic OH excluding ortho intramolecular Hbond substituents is 1. The van der Waals surface area contributed by atoms with Gasteiger partial charge in [0.05, 0.1) is 6.21 Å². The quantitative estimate of drug-likeness (QED) is 0.310. The molecular weight excluding hydrogens is 194 g/mol. The van der Waals surface area contributed by atoms with Crippen LogP contribution >= 0.6 is 0 Å². The van der Waals surface area contributed by atoms with E-state index in [-0.39, 0.29) is 22.8 Å². The molecule has 1 aromatic rings. The summed E-state index contributed by atoms with van der Waals surface area (Å²) in [5.74, 6) is 0.111. The molecule has 1 rings (SSSR count). The summed E-state index contributed by atoms with van der Waals surface area (Å²) in [6.07, 6.45) is 1.18. The standard InChI is InChI=1S/C7H7NO2.Cu/c9-7-4-2-1-3-6(7)5-8-10;/h1-5,9-10H;/b8-5+;. The average molecular weight is 201 g/mol. The van der Waals surface area contributed by atoms with E-state index in [1.807, 2.05) is 0 Å². The first-order valence-corrected chi connectivity index (χ1v) is 2.80. The molecule has 0 heterocycles. The van der Waals surface area contributed by atoms with E-state index >= 15 is 0 Å². The SMILES string of the molecule is O/N=C/c1ccccc1O.[Cu]. The van der Waals surface area contributed by atoms with Crippen molar-refractivity contribution in [2.75, 3.05) is 0 Å². The van der Waals surface area contributed by atoms with Gasteiger partial charge >= 0.3 is 0 Å². The fourth-order valence-corrected chi connectivity index (χ4v) is 0.659. The molecule has 63 valence electrons. The number of para-hydroxylation sites is 1. The van der Waals surface area contributed by atoms with E-state index in [1.54, 1.807) is 18.2 Å². The van der Waals surface area contributed by atoms with Crippen LogP contribution in [0.3, 0.4) is 0 Å². The van der Waals surface area contributed by atoms with Gasteiger partial charge in [0.25, 0.3) is 0 Å². The summed E-state index contributed by atoms with van der Waals surface area (Å²) in [7, 11) is 0. The maximum Gasteiger partial charge on any atom is 0.124 e. The molecule has 0 bridgehead atoms. The number of nitrogens with zero attached hydrogens (tertiary/aromatic N) is 1. The first-order valence-electron chi connectivity index (χ1n) is 2.80. The van der Waals surface area contributed by atoms with Crippen LogP contribution in [-0.2, 0) is 17.1 Å². The number of hydrogen-bond acceptors (Lipinski definition) is 3. The topological polar surface area (TPSA) is 52.8 Å². The van der Waals surface area contributed by atoms with Crippen molar-refractivity contribution >= 4 is 6.21 Å². The molecule has 0 aliphatic carbocycles. The second kappa shape index (κ2) is 4.77. The molecule has 0 fully saturated rings. The summed E-state index contributed by atoms with van der Waals surface area (Å²) >= 11 is 0. The van der Waals surface area contributed by atoms with Crippen LogP contribution in [0.1, 0.15) is 5.56 Å². The Morgan fingerprint density at radius 3 is 2.45 bits per heavy atom. The van der Waals surface area contributed by atoms with Gasteiger partial charge in [0.15, 0.2) is 0 Å². The van der Waals surface area contributed by atoms with Crippen LogP contribution in [0.2, 0.25) is 0 Å². The fourth-order valence-electron chi connectivity index (χ4n) is 0.659. The van der Waals surface area contributed by atoms with Crippen LogP contribution in [0.25, 0.3) is 0 Å². The molecule has 0 spiro atoms. The molecule has 4 heteroatoms. The zero-order valence-corrected chi connectivity index (χ0v) is 6.47. The normalized spacial score (nSPS) is 9.45. The largest absolute Gasteiger partial charge is 0.507 e. The Balaban J connectivity index is 0.000001000. The maximum atomic E-state index is 9.04. The number of benzene rings is 1. The number of hydrogen-bond donors (Lipinski definition) is 2. The molecule has 0 amide bonds. The molecule has 11 heavy (non-hydrogen) atoms. The van der Waals surface area contributed by atoms with Gasteiger partial charge in [-0.25, -0.2) is 0 Å². The van der Waals surface area contributed by atoms with E-state index < -0.39 is 0 Å². The molecule has 2 N–H and O–H groups in total. The number of phenols is 1. The van der Waals surface area contributed by atoms with E-state index in [9.17, 15) is 0 Å². The van der Waals surface area contributed by atoms with Gasteiger partial charge in [-0.1, -0.05) is 17.3 Å². The Hall–Kier alpha value is -0.991. The van der Waals surface area contributed by atoms with Gasteiger partial charge in [-0.3, -0.25) is 0 Å². The summed E-state index contributed by atoms with van der Waals surface area (Å²) in [4.78, 5) is 0. The van der Waals surface area contributed by atoms with Crippen LogP contribution in [0.15, 0.2) is 29.4 Å². The zero-order valence-electron chi connectivity index (χ0n) is 5.53. The second-order valence-corrected chi connectivity index (χ2v) is 1.80. The molecule has 0 saturated carbocycles. The molecule has 0 saturated heterocycles. The van der Waals surface area contributed by atoms with Crippen LogP contribution in [-0.4, -0.2) is 16.5 Å². The summed E-state index contributed by atoms with van der Waals surface area (Å²) in [5.41, 5.74) is 0.505. The third kappa shape index (κ3) is 2.62. The van der Waals surface area contributed by atoms with Gasteiger partial charge < -0.3 is 10.3 Å². The van der Waals surface area contributed by atoms with Crippen LogP contribution in [0.5, 0.6) is 5.75 Å². The molecular formula is C7H7CuNO2. The van der Waals surface area contributed by atoms with Gasteiger partial charge in [0.1, 0.15) is 5.75 Å². The van der Waals surface area contributed by atoms with Crippen molar-refractivity contribution in [2.45, 2.75) is 0 Å². The van der Waals surface area contributed by atoms with Crippen LogP contribution < -0.4 is 0 Å². The van der Waals surface area contributed by atoms with Crippen LogP contribution in [0, 0.1) is 0 Å². The van der Waals surface area contributed by atoms with Crippen LogP contribution in [0.4, 0.5) is 0 Å². The van der Waals surface area contributed by atoms with Gasteiger partial charge in [-0.2, -0.15) is 0 Å². The van der Waals surface area contributed by atoms with Gasteiger partial charge in [-0.15, -0.1) is 0 Å². The Morgan fingerprint density at radius 1 is 1.27 bits per heavy atom. The van der Waals surface area contributed by atoms with Crippen molar-refractivity contribution in [3.63, 3.8) is 0 Å². The first kappa shape index (κ1) is 10.0. The summed E-state index contributed by atoms with van der Waals surface area (Å²) < 4.78 is 0. The van der Waals surface area contributed by atoms with Gasteiger partial charge in [-0.05, 0) is 12.1 Å². The number of aromatic hydroxyl groups is 1. The predicted molar refractivity (Wildman–Crippen MR) is 37.5 cm³/mol. The van der Waals surface area contributed by atoms with Crippen molar-refractivity contribution in [3.05, 3.63) is 29.8 Å². The third-order valence-electron chi connectivity index (χ3n) is 1.13. The minimum Gasteiger partial charge on any atom is -0.507 e. The molecule has 0 aromatic heterocycles. The number of oxime groups is 1. The molecule has 0 unspecified atom stereocenters. The Labute approximate surface area is 74.8 Å². The maximum absolute atomic E-state index is 9.04. The average Bonchev–Trinajstić information content (AvgIpc) is 1.94. The summed E-state index contributed by atoms with van der Waals surface area (Å²) in [6.45, 7) is 0. The van der Waals surface area contributed by atoms with Gasteiger partial charge in [0.2, 0.25) is 0 Å². The summed E-state index contributed by atoms with van der Waals surface area (Å²) in [5, 5.41) is 19.9. The predicted octanol–water partition coefficient (Wildman–Crippen LogP) is 1.20. The first-order chi connectivity index (χ1) is 4.84. The number of rotatable bonds is 1. The minimum atomic E-state index is 0. The van der Waals surface area contributed by atoms with E-state index in [1.165, 1.54) is 12.3 Å². The van der Waals surface area contributed by atoms with E-state index in [4.69, 9.17) is 10.3 Å². The van der Waals surface area contributed by atoms with Crippen molar-refractivity contribution in [1.82, 2.24) is 0 Å².